The van der Waals surface area contributed by atoms with Gasteiger partial charge in [0.05, 0.1) is 18.2 Å². The summed E-state index contributed by atoms with van der Waals surface area (Å²) in [6, 6.07) is 13.6. The predicted octanol–water partition coefficient (Wildman–Crippen LogP) is 2.70. The van der Waals surface area contributed by atoms with Gasteiger partial charge < -0.3 is 14.6 Å². The van der Waals surface area contributed by atoms with E-state index in [4.69, 9.17) is 11.6 Å². The highest BCUT2D eigenvalue weighted by Crippen LogP contribution is 2.25. The second-order valence-electron chi connectivity index (χ2n) is 6.24. The first-order valence-corrected chi connectivity index (χ1v) is 8.77. The van der Waals surface area contributed by atoms with Crippen molar-refractivity contribution in [2.75, 3.05) is 19.6 Å². The number of carbonyl (C=O) groups is 1. The van der Waals surface area contributed by atoms with E-state index in [2.05, 4.69) is 10.3 Å². The average molecular weight is 355 g/mol. The number of halogens is 1. The summed E-state index contributed by atoms with van der Waals surface area (Å²) in [5.41, 5.74) is 2.71. The van der Waals surface area contributed by atoms with Gasteiger partial charge in [-0.2, -0.15) is 0 Å². The lowest BCUT2D eigenvalue weighted by molar-refractivity contribution is -0.133. The normalized spacial score (nSPS) is 17.8. The molecule has 25 heavy (non-hydrogen) atoms. The number of carbonyl (C=O) groups excluding carboxylic acids is 1. The van der Waals surface area contributed by atoms with Crippen LogP contribution in [0.1, 0.15) is 17.3 Å². The number of aromatic nitrogens is 2. The van der Waals surface area contributed by atoms with Crippen LogP contribution >= 0.6 is 11.6 Å². The van der Waals surface area contributed by atoms with E-state index in [1.165, 1.54) is 0 Å². The maximum atomic E-state index is 12.9. The van der Waals surface area contributed by atoms with E-state index in [0.717, 1.165) is 30.0 Å². The van der Waals surface area contributed by atoms with Crippen molar-refractivity contribution in [2.45, 2.75) is 12.5 Å². The summed E-state index contributed by atoms with van der Waals surface area (Å²) in [6.45, 7) is 2.22. The van der Waals surface area contributed by atoms with Crippen LogP contribution in [0.3, 0.4) is 0 Å². The van der Waals surface area contributed by atoms with Crippen LogP contribution in [0.25, 0.3) is 5.65 Å². The van der Waals surface area contributed by atoms with Crippen LogP contribution in [0.4, 0.5) is 0 Å². The minimum Gasteiger partial charge on any atom is -0.333 e. The van der Waals surface area contributed by atoms with Gasteiger partial charge in [-0.1, -0.05) is 29.8 Å². The molecule has 1 N–H and O–H groups in total. The number of amides is 1. The molecule has 1 aliphatic heterocycles. The topological polar surface area (TPSA) is 49.6 Å². The Morgan fingerprint density at radius 3 is 3.04 bits per heavy atom. The molecule has 1 aromatic carbocycles. The van der Waals surface area contributed by atoms with Crippen molar-refractivity contribution in [3.63, 3.8) is 0 Å². The zero-order chi connectivity index (χ0) is 17.2. The molecule has 1 aliphatic rings. The molecule has 1 amide bonds. The fourth-order valence-electron chi connectivity index (χ4n) is 3.34. The molecule has 1 fully saturated rings. The van der Waals surface area contributed by atoms with Crippen molar-refractivity contribution in [1.82, 2.24) is 19.6 Å². The maximum absolute atomic E-state index is 12.9. The van der Waals surface area contributed by atoms with Gasteiger partial charge in [-0.15, -0.1) is 0 Å². The summed E-state index contributed by atoms with van der Waals surface area (Å²) >= 11 is 6.13. The summed E-state index contributed by atoms with van der Waals surface area (Å²) in [4.78, 5) is 19.4. The Bertz CT molecular complexity index is 874. The van der Waals surface area contributed by atoms with Crippen molar-refractivity contribution in [1.29, 1.82) is 0 Å². The van der Waals surface area contributed by atoms with Crippen molar-refractivity contribution < 1.29 is 4.79 Å². The van der Waals surface area contributed by atoms with E-state index < -0.39 is 0 Å². The Morgan fingerprint density at radius 2 is 2.20 bits per heavy atom. The lowest BCUT2D eigenvalue weighted by Crippen LogP contribution is -2.49. The van der Waals surface area contributed by atoms with Gasteiger partial charge in [0.25, 0.3) is 0 Å². The Balaban J connectivity index is 1.56. The van der Waals surface area contributed by atoms with Gasteiger partial charge in [0.15, 0.2) is 0 Å². The fraction of sp³-hybridized carbons (Fsp3) is 0.263. The Labute approximate surface area is 151 Å². The molecule has 3 aromatic rings. The minimum absolute atomic E-state index is 0.00279. The lowest BCUT2D eigenvalue weighted by atomic mass is 10.0. The van der Waals surface area contributed by atoms with Crippen LogP contribution in [0.2, 0.25) is 5.02 Å². The third-order valence-electron chi connectivity index (χ3n) is 4.54. The van der Waals surface area contributed by atoms with Gasteiger partial charge in [-0.3, -0.25) is 4.79 Å². The summed E-state index contributed by atoms with van der Waals surface area (Å²) in [5, 5.41) is 4.06. The molecule has 0 radical (unpaired) electrons. The van der Waals surface area contributed by atoms with Crippen LogP contribution in [0.15, 0.2) is 54.9 Å². The predicted molar refractivity (Wildman–Crippen MR) is 97.7 cm³/mol. The molecule has 1 atom stereocenters. The first kappa shape index (κ1) is 16.1. The standard InChI is InChI=1S/C19H19ClN4O/c20-15-5-3-4-14(10-15)17-12-21-7-9-24(17)19(25)11-16-13-23-8-2-1-6-18(23)22-16/h1-6,8,10,13,17,21H,7,9,11-12H2. The molecular weight excluding hydrogens is 336 g/mol. The van der Waals surface area contributed by atoms with Crippen LogP contribution < -0.4 is 5.32 Å². The highest BCUT2D eigenvalue weighted by atomic mass is 35.5. The number of nitrogens with zero attached hydrogens (tertiary/aromatic N) is 3. The number of rotatable bonds is 3. The number of hydrogen-bond donors (Lipinski definition) is 1. The van der Waals surface area contributed by atoms with E-state index in [9.17, 15) is 4.79 Å². The largest absolute Gasteiger partial charge is 0.333 e. The quantitative estimate of drug-likeness (QED) is 0.786. The third-order valence-corrected chi connectivity index (χ3v) is 4.78. The number of fused-ring (bicyclic) bond motifs is 1. The van der Waals surface area contributed by atoms with Gasteiger partial charge in [-0.25, -0.2) is 4.98 Å². The van der Waals surface area contributed by atoms with Crippen molar-refractivity contribution in [3.8, 4) is 0 Å². The van der Waals surface area contributed by atoms with E-state index >= 15 is 0 Å². The maximum Gasteiger partial charge on any atom is 0.229 e. The molecule has 1 saturated heterocycles. The second-order valence-corrected chi connectivity index (χ2v) is 6.67. The molecule has 6 heteroatoms. The molecule has 0 bridgehead atoms. The second kappa shape index (κ2) is 6.86. The lowest BCUT2D eigenvalue weighted by Gasteiger charge is -2.36. The number of pyridine rings is 1. The number of piperazine rings is 1. The van der Waals surface area contributed by atoms with Gasteiger partial charge in [0.1, 0.15) is 5.65 Å². The highest BCUT2D eigenvalue weighted by Gasteiger charge is 2.28. The summed E-state index contributed by atoms with van der Waals surface area (Å²) in [6.07, 6.45) is 4.17. The number of benzene rings is 1. The molecule has 0 saturated carbocycles. The van der Waals surface area contributed by atoms with Crippen LogP contribution in [-0.2, 0) is 11.2 Å². The molecule has 2 aromatic heterocycles. The van der Waals surface area contributed by atoms with Crippen molar-refractivity contribution in [3.05, 3.63) is 71.1 Å². The fourth-order valence-corrected chi connectivity index (χ4v) is 3.54. The monoisotopic (exact) mass is 354 g/mol. The van der Waals surface area contributed by atoms with Crippen LogP contribution in [0.5, 0.6) is 0 Å². The highest BCUT2D eigenvalue weighted by molar-refractivity contribution is 6.30. The number of hydrogen-bond acceptors (Lipinski definition) is 3. The minimum atomic E-state index is -0.00279. The SMILES string of the molecule is O=C(Cc1cn2ccccc2n1)N1CCNCC1c1cccc(Cl)c1. The van der Waals surface area contributed by atoms with Gasteiger partial charge in [-0.05, 0) is 29.8 Å². The van der Waals surface area contributed by atoms with Gasteiger partial charge in [0, 0.05) is 37.1 Å². The summed E-state index contributed by atoms with van der Waals surface area (Å²) < 4.78 is 1.94. The Morgan fingerprint density at radius 1 is 1.28 bits per heavy atom. The molecule has 1 unspecified atom stereocenters. The average Bonchev–Trinajstić information content (AvgIpc) is 3.04. The number of nitrogens with one attached hydrogen (secondary N) is 1. The van der Waals surface area contributed by atoms with Crippen molar-refractivity contribution in [2.24, 2.45) is 0 Å². The smallest absolute Gasteiger partial charge is 0.229 e. The molecular formula is C19H19ClN4O. The molecule has 128 valence electrons. The van der Waals surface area contributed by atoms with Crippen LogP contribution in [-0.4, -0.2) is 39.8 Å². The molecule has 3 heterocycles. The Hall–Kier alpha value is -2.37. The molecule has 4 rings (SSSR count). The summed E-state index contributed by atoms with van der Waals surface area (Å²) in [7, 11) is 0. The first-order chi connectivity index (χ1) is 12.2. The zero-order valence-electron chi connectivity index (χ0n) is 13.7. The zero-order valence-corrected chi connectivity index (χ0v) is 14.5. The molecule has 0 aliphatic carbocycles. The Kier molecular flexibility index (Phi) is 4.42. The van der Waals surface area contributed by atoms with E-state index in [0.29, 0.717) is 18.0 Å². The third kappa shape index (κ3) is 3.38. The van der Waals surface area contributed by atoms with Gasteiger partial charge in [0.2, 0.25) is 5.91 Å². The van der Waals surface area contributed by atoms with E-state index in [1.807, 2.05) is 64.2 Å². The van der Waals surface area contributed by atoms with Crippen LogP contribution in [0, 0.1) is 0 Å². The van der Waals surface area contributed by atoms with E-state index in [1.54, 1.807) is 0 Å². The van der Waals surface area contributed by atoms with E-state index in [-0.39, 0.29) is 11.9 Å². The number of imidazole rings is 1. The first-order valence-electron chi connectivity index (χ1n) is 8.39. The van der Waals surface area contributed by atoms with Crippen molar-refractivity contribution >= 4 is 23.2 Å². The van der Waals surface area contributed by atoms with Gasteiger partial charge >= 0.3 is 0 Å². The summed E-state index contributed by atoms with van der Waals surface area (Å²) in [5.74, 6) is 0.0925. The molecule has 0 spiro atoms. The molecule has 5 nitrogen and oxygen atoms in total.